The molecule has 2 N–H and O–H groups in total. The van der Waals surface area contributed by atoms with Gasteiger partial charge < -0.3 is 19.8 Å². The van der Waals surface area contributed by atoms with Crippen LogP contribution in [0.2, 0.25) is 5.28 Å². The monoisotopic (exact) mass is 579 g/mol. The van der Waals surface area contributed by atoms with Gasteiger partial charge >= 0.3 is 0 Å². The van der Waals surface area contributed by atoms with Crippen LogP contribution in [0.15, 0.2) is 36.7 Å². The average Bonchev–Trinajstić information content (AvgIpc) is 3.46. The lowest BCUT2D eigenvalue weighted by molar-refractivity contribution is 0.120. The highest BCUT2D eigenvalue weighted by atomic mass is 35.5. The summed E-state index contributed by atoms with van der Waals surface area (Å²) in [6, 6.07) is 8.33. The van der Waals surface area contributed by atoms with E-state index in [2.05, 4.69) is 122 Å². The summed E-state index contributed by atoms with van der Waals surface area (Å²) in [7, 11) is 0. The third-order valence-corrected chi connectivity index (χ3v) is 9.00. The first-order valence-corrected chi connectivity index (χ1v) is 15.8. The normalized spacial score (nSPS) is 22.2. The third-order valence-electron chi connectivity index (χ3n) is 8.83. The molecule has 2 fully saturated rings. The van der Waals surface area contributed by atoms with Gasteiger partial charge in [0.1, 0.15) is 0 Å². The Morgan fingerprint density at radius 3 is 1.39 bits per heavy atom. The summed E-state index contributed by atoms with van der Waals surface area (Å²) in [4.78, 5) is 14.1. The van der Waals surface area contributed by atoms with Crippen LogP contribution in [0.25, 0.3) is 23.0 Å². The van der Waals surface area contributed by atoms with Gasteiger partial charge in [-0.1, -0.05) is 0 Å². The molecule has 3 aromatic heterocycles. The van der Waals surface area contributed by atoms with Gasteiger partial charge in [0, 0.05) is 47.6 Å². The maximum absolute atomic E-state index is 6.52. The number of hydrogen-bond donors (Lipinski definition) is 2. The summed E-state index contributed by atoms with van der Waals surface area (Å²) in [6.07, 6.45) is 11.2. The van der Waals surface area contributed by atoms with Crippen molar-refractivity contribution in [2.24, 2.45) is 11.8 Å². The molecule has 2 saturated heterocycles. The fraction of sp³-hybridized carbons (Fsp3) is 0.667. The Hall–Kier alpha value is -2.22. The van der Waals surface area contributed by atoms with Crippen molar-refractivity contribution >= 4 is 11.6 Å². The molecule has 0 spiro atoms. The van der Waals surface area contributed by atoms with Crippen LogP contribution in [0.1, 0.15) is 93.9 Å². The van der Waals surface area contributed by atoms with Crippen LogP contribution in [-0.4, -0.2) is 46.2 Å². The molecule has 8 heteroatoms. The van der Waals surface area contributed by atoms with Gasteiger partial charge in [0.2, 0.25) is 5.28 Å². The first-order valence-electron chi connectivity index (χ1n) is 15.4. The molecule has 0 aromatic carbocycles. The molecule has 2 aliphatic heterocycles. The second-order valence-corrected chi connectivity index (χ2v) is 15.7. The van der Waals surface area contributed by atoms with Crippen LogP contribution in [0.5, 0.6) is 0 Å². The highest BCUT2D eigenvalue weighted by Crippen LogP contribution is 2.36. The molecule has 5 rings (SSSR count). The SMILES string of the molecule is CC1(C)CC(CCn2cccc2-c2nc(Cl)nc(-c3cccn3CCC3CC(C)(C)NC(C)(C)C3)n2)CC(C)(C)N1. The molecule has 0 bridgehead atoms. The fourth-order valence-corrected chi connectivity index (χ4v) is 8.48. The van der Waals surface area contributed by atoms with Crippen LogP contribution < -0.4 is 10.6 Å². The van der Waals surface area contributed by atoms with Crippen molar-refractivity contribution in [2.45, 2.75) is 129 Å². The van der Waals surface area contributed by atoms with E-state index in [9.17, 15) is 0 Å². The van der Waals surface area contributed by atoms with Gasteiger partial charge in [-0.25, -0.2) is 4.98 Å². The topological polar surface area (TPSA) is 72.6 Å². The summed E-state index contributed by atoms with van der Waals surface area (Å²) in [6.45, 7) is 20.4. The van der Waals surface area contributed by atoms with E-state index < -0.39 is 0 Å². The molecular weight excluding hydrogens is 530 g/mol. The van der Waals surface area contributed by atoms with Gasteiger partial charge in [-0.3, -0.25) is 0 Å². The highest BCUT2D eigenvalue weighted by Gasteiger charge is 2.38. The van der Waals surface area contributed by atoms with Gasteiger partial charge in [-0.05, 0) is 142 Å². The zero-order valence-electron chi connectivity index (χ0n) is 26.4. The van der Waals surface area contributed by atoms with Gasteiger partial charge in [-0.15, -0.1) is 0 Å². The largest absolute Gasteiger partial charge is 0.345 e. The van der Waals surface area contributed by atoms with E-state index in [1.807, 2.05) is 0 Å². The van der Waals surface area contributed by atoms with Crippen LogP contribution in [0.3, 0.4) is 0 Å². The highest BCUT2D eigenvalue weighted by molar-refractivity contribution is 6.28. The number of aryl methyl sites for hydroxylation is 2. The second kappa shape index (κ2) is 11.1. The maximum atomic E-state index is 6.52. The Labute approximate surface area is 251 Å². The molecule has 0 atom stereocenters. The lowest BCUT2D eigenvalue weighted by Crippen LogP contribution is -2.57. The molecule has 7 nitrogen and oxygen atoms in total. The summed E-state index contributed by atoms with van der Waals surface area (Å²) in [5, 5.41) is 7.84. The van der Waals surface area contributed by atoms with Crippen molar-refractivity contribution in [3.8, 4) is 23.0 Å². The van der Waals surface area contributed by atoms with Crippen LogP contribution in [-0.2, 0) is 13.1 Å². The lowest BCUT2D eigenvalue weighted by atomic mass is 9.74. The van der Waals surface area contributed by atoms with Gasteiger partial charge in [0.25, 0.3) is 0 Å². The summed E-state index contributed by atoms with van der Waals surface area (Å²) < 4.78 is 4.55. The van der Waals surface area contributed by atoms with Crippen LogP contribution >= 0.6 is 11.6 Å². The number of rotatable bonds is 8. The van der Waals surface area contributed by atoms with Crippen molar-refractivity contribution in [2.75, 3.05) is 0 Å². The van der Waals surface area contributed by atoms with E-state index in [-0.39, 0.29) is 27.4 Å². The summed E-state index contributed by atoms with van der Waals surface area (Å²) in [5.41, 5.74) is 2.58. The molecule has 0 saturated carbocycles. The van der Waals surface area contributed by atoms with Gasteiger partial charge in [0.05, 0.1) is 11.4 Å². The first kappa shape index (κ1) is 30.2. The molecule has 0 amide bonds. The molecule has 3 aromatic rings. The minimum absolute atomic E-state index is 0.151. The molecule has 2 aliphatic rings. The van der Waals surface area contributed by atoms with Crippen molar-refractivity contribution in [1.82, 2.24) is 34.7 Å². The Morgan fingerprint density at radius 2 is 1.02 bits per heavy atom. The zero-order chi connectivity index (χ0) is 29.6. The number of hydrogen-bond acceptors (Lipinski definition) is 5. The summed E-state index contributed by atoms with van der Waals surface area (Å²) in [5.74, 6) is 2.58. The smallest absolute Gasteiger partial charge is 0.226 e. The summed E-state index contributed by atoms with van der Waals surface area (Å²) >= 11 is 6.52. The number of aromatic nitrogens is 5. The van der Waals surface area contributed by atoms with Gasteiger partial charge in [0.15, 0.2) is 11.6 Å². The maximum Gasteiger partial charge on any atom is 0.226 e. The van der Waals surface area contributed by atoms with Crippen LogP contribution in [0, 0.1) is 11.8 Å². The number of halogens is 1. The fourth-order valence-electron chi connectivity index (χ4n) is 8.32. The number of nitrogens with zero attached hydrogens (tertiary/aromatic N) is 5. The third kappa shape index (κ3) is 7.60. The van der Waals surface area contributed by atoms with Crippen molar-refractivity contribution in [3.63, 3.8) is 0 Å². The zero-order valence-corrected chi connectivity index (χ0v) is 27.1. The van der Waals surface area contributed by atoms with Crippen molar-refractivity contribution < 1.29 is 0 Å². The van der Waals surface area contributed by atoms with E-state index in [0.717, 1.165) is 37.3 Å². The van der Waals surface area contributed by atoms with E-state index in [4.69, 9.17) is 16.6 Å². The number of piperidine rings is 2. The molecule has 0 unspecified atom stereocenters. The van der Waals surface area contributed by atoms with E-state index in [1.54, 1.807) is 0 Å². The average molecular weight is 580 g/mol. The Kier molecular flexibility index (Phi) is 8.21. The Balaban J connectivity index is 1.31. The predicted octanol–water partition coefficient (Wildman–Crippen LogP) is 7.36. The van der Waals surface area contributed by atoms with E-state index in [1.165, 1.54) is 25.7 Å². The first-order chi connectivity index (χ1) is 19.1. The number of nitrogens with one attached hydrogen (secondary N) is 2. The molecule has 0 aliphatic carbocycles. The lowest BCUT2D eigenvalue weighted by Gasteiger charge is -2.46. The molecule has 224 valence electrons. The molecule has 5 heterocycles. The molecule has 0 radical (unpaired) electrons. The van der Waals surface area contributed by atoms with Crippen LogP contribution in [0.4, 0.5) is 0 Å². The quantitative estimate of drug-likeness (QED) is 0.292. The van der Waals surface area contributed by atoms with Gasteiger partial charge in [-0.2, -0.15) is 9.97 Å². The molecule has 41 heavy (non-hydrogen) atoms. The minimum atomic E-state index is 0.151. The minimum Gasteiger partial charge on any atom is -0.345 e. The Bertz CT molecular complexity index is 1220. The van der Waals surface area contributed by atoms with Crippen molar-refractivity contribution in [3.05, 3.63) is 41.9 Å². The van der Waals surface area contributed by atoms with Crippen molar-refractivity contribution in [1.29, 1.82) is 0 Å². The Morgan fingerprint density at radius 1 is 0.659 bits per heavy atom. The second-order valence-electron chi connectivity index (χ2n) is 15.3. The molecular formula is C33H50ClN7. The van der Waals surface area contributed by atoms with E-state index >= 15 is 0 Å². The predicted molar refractivity (Wildman–Crippen MR) is 169 cm³/mol. The van der Waals surface area contributed by atoms with E-state index in [0.29, 0.717) is 23.5 Å². The standard InChI is InChI=1S/C33H50ClN7/c1-30(2)19-23(20-31(3,4)38-30)13-17-40-15-9-11-25(40)27-35-28(37-29(34)36-27)26-12-10-16-41(26)18-14-24-21-32(5,6)39-33(7,8)22-24/h9-12,15-16,23-24,38-39H,13-14,17-22H2,1-8H3.